The minimum Gasteiger partial charge on any atom is -0.325 e. The monoisotopic (exact) mass is 458 g/mol. The number of amides is 1. The van der Waals surface area contributed by atoms with Crippen LogP contribution >= 0.6 is 23.4 Å². The summed E-state index contributed by atoms with van der Waals surface area (Å²) in [6.45, 7) is 5.09. The predicted octanol–water partition coefficient (Wildman–Crippen LogP) is 4.86. The molecule has 2 aromatic rings. The molecule has 1 fully saturated rings. The number of carbonyl (C=O) groups excluding carboxylic acids is 1. The molecule has 0 radical (unpaired) electrons. The van der Waals surface area contributed by atoms with E-state index in [1.807, 2.05) is 24.3 Å². The maximum atomic E-state index is 13.4. The summed E-state index contributed by atoms with van der Waals surface area (Å²) in [5.74, 6) is -0.433. The molecular formula is C23H24ClFN4OS. The van der Waals surface area contributed by atoms with Gasteiger partial charge in [0.1, 0.15) is 10.9 Å². The Bertz CT molecular complexity index is 1020. The second kappa shape index (κ2) is 9.51. The summed E-state index contributed by atoms with van der Waals surface area (Å²) < 4.78 is 13.4. The van der Waals surface area contributed by atoms with Gasteiger partial charge in [-0.3, -0.25) is 9.79 Å². The van der Waals surface area contributed by atoms with E-state index in [0.29, 0.717) is 10.7 Å². The van der Waals surface area contributed by atoms with Crippen LogP contribution in [0.25, 0.3) is 0 Å². The van der Waals surface area contributed by atoms with Crippen LogP contribution in [0.15, 0.2) is 58.5 Å². The van der Waals surface area contributed by atoms with Crippen molar-refractivity contribution < 1.29 is 9.18 Å². The van der Waals surface area contributed by atoms with Gasteiger partial charge >= 0.3 is 0 Å². The number of nitrogens with zero attached hydrogens (tertiary/aromatic N) is 3. The molecule has 0 unspecified atom stereocenters. The molecule has 4 rings (SSSR count). The SMILES string of the molecule is CCN1CCC2(CC1)N=C(SCC(=O)Nc1cccc(F)c1)C(c1ccc(Cl)cc1)=N2. The fraction of sp³-hybridized carbons (Fsp3) is 0.348. The van der Waals surface area contributed by atoms with Crippen LogP contribution in [0.5, 0.6) is 0 Å². The summed E-state index contributed by atoms with van der Waals surface area (Å²) in [4.78, 5) is 24.9. The number of hydrogen-bond donors (Lipinski definition) is 1. The number of carbonyl (C=O) groups is 1. The van der Waals surface area contributed by atoms with Gasteiger partial charge in [-0.2, -0.15) is 0 Å². The highest BCUT2D eigenvalue weighted by Crippen LogP contribution is 2.35. The predicted molar refractivity (Wildman–Crippen MR) is 127 cm³/mol. The van der Waals surface area contributed by atoms with Gasteiger partial charge in [-0.1, -0.05) is 48.5 Å². The van der Waals surface area contributed by atoms with E-state index >= 15 is 0 Å². The average Bonchev–Trinajstić information content (AvgIpc) is 3.11. The molecule has 2 aliphatic heterocycles. The molecule has 0 atom stereocenters. The lowest BCUT2D eigenvalue weighted by Gasteiger charge is -2.34. The van der Waals surface area contributed by atoms with Gasteiger partial charge in [-0.25, -0.2) is 9.38 Å². The van der Waals surface area contributed by atoms with Crippen molar-refractivity contribution in [1.29, 1.82) is 0 Å². The lowest BCUT2D eigenvalue weighted by Crippen LogP contribution is -2.41. The molecule has 2 aromatic carbocycles. The van der Waals surface area contributed by atoms with Crippen molar-refractivity contribution in [3.63, 3.8) is 0 Å². The quantitative estimate of drug-likeness (QED) is 0.695. The second-order valence-electron chi connectivity index (χ2n) is 7.65. The maximum absolute atomic E-state index is 13.4. The van der Waals surface area contributed by atoms with Gasteiger partial charge in [0.05, 0.1) is 11.5 Å². The fourth-order valence-corrected chi connectivity index (χ4v) is 4.77. The van der Waals surface area contributed by atoms with Crippen LogP contribution in [0, 0.1) is 5.82 Å². The Morgan fingerprint density at radius 2 is 1.94 bits per heavy atom. The van der Waals surface area contributed by atoms with Crippen LogP contribution in [0.1, 0.15) is 25.3 Å². The first-order chi connectivity index (χ1) is 15.0. The van der Waals surface area contributed by atoms with Gasteiger partial charge in [0.15, 0.2) is 5.66 Å². The number of nitrogens with one attached hydrogen (secondary N) is 1. The van der Waals surface area contributed by atoms with Crippen LogP contribution in [0.3, 0.4) is 0 Å². The summed E-state index contributed by atoms with van der Waals surface area (Å²) in [5, 5.41) is 4.16. The van der Waals surface area contributed by atoms with Gasteiger partial charge in [-0.05, 0) is 36.9 Å². The smallest absolute Gasteiger partial charge is 0.234 e. The molecule has 8 heteroatoms. The van der Waals surface area contributed by atoms with Gasteiger partial charge < -0.3 is 10.2 Å². The standard InChI is InChI=1S/C23H24ClFN4OS/c1-2-29-12-10-23(11-13-29)27-21(16-6-8-17(24)9-7-16)22(28-23)31-15-20(30)26-19-5-3-4-18(25)14-19/h3-9,14H,2,10-13,15H2,1H3,(H,26,30). The molecule has 0 saturated carbocycles. The van der Waals surface area contributed by atoms with E-state index in [-0.39, 0.29) is 17.5 Å². The molecule has 1 N–H and O–H groups in total. The summed E-state index contributed by atoms with van der Waals surface area (Å²) in [5.41, 5.74) is 1.73. The van der Waals surface area contributed by atoms with Crippen molar-refractivity contribution in [1.82, 2.24) is 4.90 Å². The van der Waals surface area contributed by atoms with Crippen molar-refractivity contribution in [2.75, 3.05) is 30.7 Å². The molecule has 0 aliphatic carbocycles. The number of likely N-dealkylation sites (tertiary alicyclic amines) is 1. The minimum absolute atomic E-state index is 0.166. The maximum Gasteiger partial charge on any atom is 0.234 e. The van der Waals surface area contributed by atoms with E-state index in [4.69, 9.17) is 21.6 Å². The molecule has 1 saturated heterocycles. The topological polar surface area (TPSA) is 57.1 Å². The number of halogens is 2. The normalized spacial score (nSPS) is 18.0. The number of thioether (sulfide) groups is 1. The Balaban J connectivity index is 1.50. The molecular weight excluding hydrogens is 435 g/mol. The largest absolute Gasteiger partial charge is 0.325 e. The second-order valence-corrected chi connectivity index (χ2v) is 9.05. The highest BCUT2D eigenvalue weighted by atomic mass is 35.5. The summed E-state index contributed by atoms with van der Waals surface area (Å²) in [7, 11) is 0. The highest BCUT2D eigenvalue weighted by Gasteiger charge is 2.39. The van der Waals surface area contributed by atoms with Crippen molar-refractivity contribution >= 4 is 45.7 Å². The molecule has 2 aliphatic rings. The number of anilines is 1. The van der Waals surface area contributed by atoms with E-state index in [1.54, 1.807) is 12.1 Å². The van der Waals surface area contributed by atoms with E-state index < -0.39 is 5.66 Å². The van der Waals surface area contributed by atoms with Crippen LogP contribution in [0.2, 0.25) is 5.02 Å². The minimum atomic E-state index is -0.456. The Labute approximate surface area is 190 Å². The van der Waals surface area contributed by atoms with Gasteiger partial charge in [0.2, 0.25) is 5.91 Å². The third-order valence-corrected chi connectivity index (χ3v) is 6.72. The molecule has 31 heavy (non-hydrogen) atoms. The van der Waals surface area contributed by atoms with Crippen molar-refractivity contribution in [2.24, 2.45) is 9.98 Å². The number of rotatable bonds is 5. The third-order valence-electron chi connectivity index (χ3n) is 5.50. The van der Waals surface area contributed by atoms with E-state index in [9.17, 15) is 9.18 Å². The lowest BCUT2D eigenvalue weighted by atomic mass is 9.98. The van der Waals surface area contributed by atoms with Crippen molar-refractivity contribution in [3.8, 4) is 0 Å². The van der Waals surface area contributed by atoms with Crippen LogP contribution in [-0.4, -0.2) is 52.6 Å². The molecule has 0 aromatic heterocycles. The Morgan fingerprint density at radius 3 is 2.61 bits per heavy atom. The first-order valence-electron chi connectivity index (χ1n) is 10.3. The van der Waals surface area contributed by atoms with Gasteiger partial charge in [0.25, 0.3) is 0 Å². The highest BCUT2D eigenvalue weighted by molar-refractivity contribution is 8.16. The van der Waals surface area contributed by atoms with Gasteiger partial charge in [-0.15, -0.1) is 0 Å². The zero-order valence-electron chi connectivity index (χ0n) is 17.3. The third kappa shape index (κ3) is 5.34. The molecule has 5 nitrogen and oxygen atoms in total. The number of aliphatic imine (C=N–C) groups is 2. The fourth-order valence-electron chi connectivity index (χ4n) is 3.77. The Morgan fingerprint density at radius 1 is 1.19 bits per heavy atom. The molecule has 1 amide bonds. The number of hydrogen-bond acceptors (Lipinski definition) is 5. The average molecular weight is 459 g/mol. The van der Waals surface area contributed by atoms with Crippen molar-refractivity contribution in [3.05, 3.63) is 64.9 Å². The zero-order valence-corrected chi connectivity index (χ0v) is 18.8. The van der Waals surface area contributed by atoms with E-state index in [1.165, 1.54) is 23.9 Å². The van der Waals surface area contributed by atoms with Crippen LogP contribution in [-0.2, 0) is 4.79 Å². The number of benzene rings is 2. The summed E-state index contributed by atoms with van der Waals surface area (Å²) >= 11 is 7.42. The molecule has 2 heterocycles. The number of piperidine rings is 1. The lowest BCUT2D eigenvalue weighted by molar-refractivity contribution is -0.113. The van der Waals surface area contributed by atoms with E-state index in [0.717, 1.165) is 48.8 Å². The Hall–Kier alpha value is -2.22. The summed E-state index contributed by atoms with van der Waals surface area (Å²) in [6.07, 6.45) is 1.72. The van der Waals surface area contributed by atoms with E-state index in [2.05, 4.69) is 17.1 Å². The molecule has 162 valence electrons. The Kier molecular flexibility index (Phi) is 6.74. The molecule has 0 bridgehead atoms. The molecule has 1 spiro atoms. The van der Waals surface area contributed by atoms with Gasteiger partial charge in [0, 0.05) is 42.2 Å². The van der Waals surface area contributed by atoms with Crippen LogP contribution < -0.4 is 5.32 Å². The van der Waals surface area contributed by atoms with Crippen molar-refractivity contribution in [2.45, 2.75) is 25.4 Å². The summed E-state index contributed by atoms with van der Waals surface area (Å²) in [6, 6.07) is 13.4. The zero-order chi connectivity index (χ0) is 21.8. The first-order valence-corrected chi connectivity index (χ1v) is 11.7. The first kappa shape index (κ1) is 22.0. The van der Waals surface area contributed by atoms with Crippen LogP contribution in [0.4, 0.5) is 10.1 Å².